The van der Waals surface area contributed by atoms with E-state index in [1.54, 1.807) is 30.3 Å². The number of Topliss-reactive ketones (excluding diaryl/α,β-unsaturated/α-hetero) is 1. The summed E-state index contributed by atoms with van der Waals surface area (Å²) < 4.78 is 30.8. The molecular weight excluding hydrogens is 401 g/mol. The second-order valence-electron chi connectivity index (χ2n) is 7.38. The Morgan fingerprint density at radius 2 is 1.77 bits per heavy atom. The molecule has 0 spiro atoms. The van der Waals surface area contributed by atoms with Gasteiger partial charge in [0.1, 0.15) is 5.82 Å². The molecule has 0 aliphatic carbocycles. The monoisotopic (exact) mass is 423 g/mol. The predicted octanol–water partition coefficient (Wildman–Crippen LogP) is 4.26. The van der Waals surface area contributed by atoms with E-state index in [9.17, 15) is 14.0 Å². The highest BCUT2D eigenvalue weighted by Crippen LogP contribution is 2.32. The summed E-state index contributed by atoms with van der Waals surface area (Å²) >= 11 is 0. The topological polar surface area (TPSA) is 66.8 Å². The number of hydrogen-bond acceptors (Lipinski definition) is 5. The Balaban J connectivity index is 1.38. The molecule has 6 nitrogen and oxygen atoms in total. The van der Waals surface area contributed by atoms with Crippen LogP contribution in [-0.2, 0) is 17.7 Å². The molecular formula is C24H22FNO5. The SMILES string of the molecule is Cc1cc(C(=O)COC(=O)c2ccc3c(c2)OCO3)c(C)n1CCc1ccc(F)cc1. The number of fused-ring (bicyclic) bond motifs is 1. The van der Waals surface area contributed by atoms with Gasteiger partial charge in [0.05, 0.1) is 5.56 Å². The van der Waals surface area contributed by atoms with Crippen LogP contribution in [0.15, 0.2) is 48.5 Å². The second-order valence-corrected chi connectivity index (χ2v) is 7.38. The minimum absolute atomic E-state index is 0.114. The summed E-state index contributed by atoms with van der Waals surface area (Å²) in [6.45, 7) is 4.21. The van der Waals surface area contributed by atoms with Crippen LogP contribution in [0.1, 0.15) is 37.7 Å². The maximum Gasteiger partial charge on any atom is 0.338 e. The Labute approximate surface area is 179 Å². The van der Waals surface area contributed by atoms with E-state index in [-0.39, 0.29) is 25.0 Å². The van der Waals surface area contributed by atoms with Gasteiger partial charge >= 0.3 is 5.97 Å². The fourth-order valence-corrected chi connectivity index (χ4v) is 3.64. The lowest BCUT2D eigenvalue weighted by molar-refractivity contribution is 0.0474. The number of ether oxygens (including phenoxy) is 3. The van der Waals surface area contributed by atoms with Gasteiger partial charge in [-0.05, 0) is 62.2 Å². The first kappa shape index (κ1) is 20.7. The van der Waals surface area contributed by atoms with Crippen LogP contribution in [0.25, 0.3) is 0 Å². The highest BCUT2D eigenvalue weighted by atomic mass is 19.1. The average Bonchev–Trinajstić information content (AvgIpc) is 3.35. The van der Waals surface area contributed by atoms with Gasteiger partial charge in [0.15, 0.2) is 18.1 Å². The minimum atomic E-state index is -0.600. The number of aromatic nitrogens is 1. The average molecular weight is 423 g/mol. The highest BCUT2D eigenvalue weighted by Gasteiger charge is 2.20. The van der Waals surface area contributed by atoms with Crippen LogP contribution < -0.4 is 9.47 Å². The summed E-state index contributed by atoms with van der Waals surface area (Å²) in [7, 11) is 0. The van der Waals surface area contributed by atoms with Crippen molar-refractivity contribution in [3.8, 4) is 11.5 Å². The van der Waals surface area contributed by atoms with Crippen LogP contribution in [0, 0.1) is 19.7 Å². The number of ketones is 1. The number of rotatable bonds is 7. The fraction of sp³-hybridized carbons (Fsp3) is 0.250. The lowest BCUT2D eigenvalue weighted by Gasteiger charge is -2.10. The van der Waals surface area contributed by atoms with Gasteiger partial charge in [0.2, 0.25) is 12.6 Å². The normalized spacial score (nSPS) is 12.1. The van der Waals surface area contributed by atoms with Crippen LogP contribution in [0.3, 0.4) is 0 Å². The third kappa shape index (κ3) is 4.45. The molecule has 0 fully saturated rings. The quantitative estimate of drug-likeness (QED) is 0.420. The van der Waals surface area contributed by atoms with Crippen LogP contribution >= 0.6 is 0 Å². The van der Waals surface area contributed by atoms with E-state index in [0.29, 0.717) is 35.6 Å². The Bertz CT molecular complexity index is 1130. The number of halogens is 1. The van der Waals surface area contributed by atoms with E-state index in [2.05, 4.69) is 0 Å². The Morgan fingerprint density at radius 3 is 2.55 bits per heavy atom. The number of carbonyl (C=O) groups excluding carboxylic acids is 2. The number of aryl methyl sites for hydroxylation is 2. The zero-order chi connectivity index (χ0) is 22.0. The number of carbonyl (C=O) groups is 2. The van der Waals surface area contributed by atoms with Crippen LogP contribution in [0.5, 0.6) is 11.5 Å². The zero-order valence-electron chi connectivity index (χ0n) is 17.3. The van der Waals surface area contributed by atoms with Crippen molar-refractivity contribution in [3.05, 3.63) is 82.4 Å². The first-order valence-electron chi connectivity index (χ1n) is 9.93. The molecule has 0 amide bonds. The molecule has 0 unspecified atom stereocenters. The van der Waals surface area contributed by atoms with E-state index >= 15 is 0 Å². The fourth-order valence-electron chi connectivity index (χ4n) is 3.64. The van der Waals surface area contributed by atoms with E-state index in [1.807, 2.05) is 18.4 Å². The maximum atomic E-state index is 13.1. The minimum Gasteiger partial charge on any atom is -0.454 e. The van der Waals surface area contributed by atoms with Gasteiger partial charge in [0.25, 0.3) is 0 Å². The number of benzene rings is 2. The van der Waals surface area contributed by atoms with E-state index in [1.165, 1.54) is 18.2 Å². The third-order valence-corrected chi connectivity index (χ3v) is 5.35. The second kappa shape index (κ2) is 8.63. The van der Waals surface area contributed by atoms with Gasteiger partial charge < -0.3 is 18.8 Å². The van der Waals surface area contributed by atoms with Crippen molar-refractivity contribution >= 4 is 11.8 Å². The van der Waals surface area contributed by atoms with Gasteiger partial charge in [-0.3, -0.25) is 4.79 Å². The lowest BCUT2D eigenvalue weighted by Crippen LogP contribution is -2.15. The number of esters is 1. The molecule has 0 saturated carbocycles. The van der Waals surface area contributed by atoms with E-state index in [4.69, 9.17) is 14.2 Å². The van der Waals surface area contributed by atoms with Crippen molar-refractivity contribution in [2.45, 2.75) is 26.8 Å². The van der Waals surface area contributed by atoms with Gasteiger partial charge in [-0.2, -0.15) is 0 Å². The van der Waals surface area contributed by atoms with Gasteiger partial charge in [-0.15, -0.1) is 0 Å². The summed E-state index contributed by atoms with van der Waals surface area (Å²) in [5.41, 5.74) is 3.57. The Morgan fingerprint density at radius 1 is 1.03 bits per heavy atom. The Hall–Kier alpha value is -3.61. The van der Waals surface area contributed by atoms with Crippen LogP contribution in [-0.4, -0.2) is 29.7 Å². The number of hydrogen-bond donors (Lipinski definition) is 0. The summed E-state index contributed by atoms with van der Waals surface area (Å²) in [5, 5.41) is 0. The summed E-state index contributed by atoms with van der Waals surface area (Å²) in [6, 6.07) is 12.9. The van der Waals surface area contributed by atoms with Gasteiger partial charge in [0, 0.05) is 23.5 Å². The van der Waals surface area contributed by atoms with Crippen molar-refractivity contribution < 1.29 is 28.2 Å². The van der Waals surface area contributed by atoms with Gasteiger partial charge in [-0.1, -0.05) is 12.1 Å². The maximum absolute atomic E-state index is 13.1. The van der Waals surface area contributed by atoms with Crippen LogP contribution in [0.4, 0.5) is 4.39 Å². The molecule has 1 aromatic heterocycles. The smallest absolute Gasteiger partial charge is 0.338 e. The van der Waals surface area contributed by atoms with E-state index < -0.39 is 5.97 Å². The standard InChI is InChI=1S/C24H22FNO5/c1-15-11-20(16(2)26(15)10-9-17-3-6-19(25)7-4-17)21(27)13-29-24(28)18-5-8-22-23(12-18)31-14-30-22/h3-8,11-12H,9-10,13-14H2,1-2H3. The summed E-state index contributed by atoms with van der Waals surface area (Å²) in [5.74, 6) is -0.0848. The molecule has 2 heterocycles. The molecule has 7 heteroatoms. The highest BCUT2D eigenvalue weighted by molar-refractivity contribution is 6.00. The largest absolute Gasteiger partial charge is 0.454 e. The van der Waals surface area contributed by atoms with Gasteiger partial charge in [-0.25, -0.2) is 9.18 Å². The molecule has 0 saturated heterocycles. The van der Waals surface area contributed by atoms with Crippen molar-refractivity contribution in [3.63, 3.8) is 0 Å². The van der Waals surface area contributed by atoms with Crippen molar-refractivity contribution in [2.24, 2.45) is 0 Å². The molecule has 3 aromatic rings. The molecule has 0 atom stereocenters. The predicted molar refractivity (Wildman–Crippen MR) is 111 cm³/mol. The molecule has 4 rings (SSSR count). The number of nitrogens with zero attached hydrogens (tertiary/aromatic N) is 1. The molecule has 0 bridgehead atoms. The van der Waals surface area contributed by atoms with Crippen molar-refractivity contribution in [2.75, 3.05) is 13.4 Å². The first-order chi connectivity index (χ1) is 14.9. The van der Waals surface area contributed by atoms with E-state index in [0.717, 1.165) is 17.0 Å². The third-order valence-electron chi connectivity index (χ3n) is 5.35. The summed E-state index contributed by atoms with van der Waals surface area (Å²) in [6.07, 6.45) is 0.712. The molecule has 1 aliphatic rings. The molecule has 31 heavy (non-hydrogen) atoms. The molecule has 0 radical (unpaired) electrons. The Kier molecular flexibility index (Phi) is 5.75. The molecule has 0 N–H and O–H groups in total. The zero-order valence-corrected chi connectivity index (χ0v) is 17.3. The van der Waals surface area contributed by atoms with Crippen LogP contribution in [0.2, 0.25) is 0 Å². The van der Waals surface area contributed by atoms with Crippen molar-refractivity contribution in [1.82, 2.24) is 4.57 Å². The molecule has 160 valence electrons. The van der Waals surface area contributed by atoms with Crippen molar-refractivity contribution in [1.29, 1.82) is 0 Å². The first-order valence-corrected chi connectivity index (χ1v) is 9.93. The molecule has 2 aromatic carbocycles. The summed E-state index contributed by atoms with van der Waals surface area (Å²) in [4.78, 5) is 25.0. The molecule has 1 aliphatic heterocycles. The lowest BCUT2D eigenvalue weighted by atomic mass is 10.1.